The van der Waals surface area contributed by atoms with Crippen molar-refractivity contribution in [2.75, 3.05) is 19.7 Å². The Morgan fingerprint density at radius 3 is 2.24 bits per heavy atom. The molecule has 3 fully saturated rings. The highest BCUT2D eigenvalue weighted by Gasteiger charge is 2.62. The first kappa shape index (κ1) is 25.2. The Morgan fingerprint density at radius 1 is 0.919 bits per heavy atom. The van der Waals surface area contributed by atoms with Gasteiger partial charge in [0, 0.05) is 6.61 Å². The second-order valence-electron chi connectivity index (χ2n) is 9.23. The van der Waals surface area contributed by atoms with Crippen molar-refractivity contribution < 1.29 is 38.2 Å². The minimum atomic E-state index is -0.911. The Kier molecular flexibility index (Phi) is 7.98. The first-order chi connectivity index (χ1) is 18.1. The summed E-state index contributed by atoms with van der Waals surface area (Å²) in [6.07, 6.45) is 0.858. The molecule has 10 nitrogen and oxygen atoms in total. The second-order valence-corrected chi connectivity index (χ2v) is 9.23. The first-order valence-corrected chi connectivity index (χ1v) is 12.5. The van der Waals surface area contributed by atoms with Gasteiger partial charge in [0.05, 0.1) is 18.7 Å². The predicted molar refractivity (Wildman–Crippen MR) is 128 cm³/mol. The predicted octanol–water partition coefficient (Wildman–Crippen LogP) is 2.81. The number of benzene rings is 2. The van der Waals surface area contributed by atoms with Gasteiger partial charge in [-0.1, -0.05) is 60.7 Å². The van der Waals surface area contributed by atoms with Crippen LogP contribution in [0.1, 0.15) is 30.4 Å². The smallest absolute Gasteiger partial charge is 0.459 e. The van der Waals surface area contributed by atoms with Gasteiger partial charge in [0.15, 0.2) is 6.29 Å². The highest BCUT2D eigenvalue weighted by Crippen LogP contribution is 2.37. The third kappa shape index (κ3) is 6.10. The van der Waals surface area contributed by atoms with Crippen LogP contribution in [0.5, 0.6) is 0 Å². The van der Waals surface area contributed by atoms with Gasteiger partial charge in [-0.15, -0.1) is 5.06 Å². The standard InChI is InChI=1S/C27H30N2O8/c30-22(34-17-19-9-3-1-4-10-19)16-28-24-21(36-23-13-7-8-14-33-23)15-29(25(24)26(28)31)37-27(32)35-18-20-11-5-2-6-12-20/h1-6,9-12,21,23-25H,7-8,13-18H2/t21-,23?,24+,25-/m0/s1. The molecule has 37 heavy (non-hydrogen) atoms. The van der Waals surface area contributed by atoms with Crippen LogP contribution >= 0.6 is 0 Å². The number of likely N-dealkylation sites (tertiary alicyclic amines) is 1. The lowest BCUT2D eigenvalue weighted by molar-refractivity contribution is -0.203. The molecule has 5 rings (SSSR count). The molecular weight excluding hydrogens is 480 g/mol. The molecule has 1 unspecified atom stereocenters. The molecule has 0 bridgehead atoms. The van der Waals surface area contributed by atoms with Gasteiger partial charge in [0.25, 0.3) is 0 Å². The van der Waals surface area contributed by atoms with Crippen molar-refractivity contribution in [3.63, 3.8) is 0 Å². The quantitative estimate of drug-likeness (QED) is 0.372. The van der Waals surface area contributed by atoms with E-state index in [-0.39, 0.29) is 32.2 Å². The van der Waals surface area contributed by atoms with Crippen molar-refractivity contribution in [3.8, 4) is 0 Å². The molecule has 2 aromatic rings. The van der Waals surface area contributed by atoms with Gasteiger partial charge in [0.2, 0.25) is 5.91 Å². The topological polar surface area (TPSA) is 104 Å². The maximum atomic E-state index is 13.0. The summed E-state index contributed by atoms with van der Waals surface area (Å²) in [7, 11) is 0. The van der Waals surface area contributed by atoms with Gasteiger partial charge < -0.3 is 28.7 Å². The van der Waals surface area contributed by atoms with Gasteiger partial charge in [-0.2, -0.15) is 0 Å². The van der Waals surface area contributed by atoms with Crippen molar-refractivity contribution in [3.05, 3.63) is 71.8 Å². The van der Waals surface area contributed by atoms with Crippen molar-refractivity contribution >= 4 is 18.0 Å². The molecule has 0 aliphatic carbocycles. The maximum Gasteiger partial charge on any atom is 0.528 e. The van der Waals surface area contributed by atoms with Crippen LogP contribution in [0.15, 0.2) is 60.7 Å². The Balaban J connectivity index is 1.20. The lowest BCUT2D eigenvalue weighted by atomic mass is 9.94. The van der Waals surface area contributed by atoms with E-state index in [2.05, 4.69) is 0 Å². The number of hydrogen-bond acceptors (Lipinski definition) is 9. The minimum absolute atomic E-state index is 0.0464. The molecular formula is C27H30N2O8. The summed E-state index contributed by atoms with van der Waals surface area (Å²) < 4.78 is 22.5. The average molecular weight is 511 g/mol. The normalized spacial score (nSPS) is 25.2. The molecule has 3 heterocycles. The van der Waals surface area contributed by atoms with Gasteiger partial charge in [-0.05, 0) is 30.4 Å². The number of carbonyl (C=O) groups is 3. The fourth-order valence-corrected chi connectivity index (χ4v) is 4.82. The van der Waals surface area contributed by atoms with E-state index in [9.17, 15) is 14.4 Å². The first-order valence-electron chi connectivity index (χ1n) is 12.5. The maximum absolute atomic E-state index is 13.0. The minimum Gasteiger partial charge on any atom is -0.459 e. The van der Waals surface area contributed by atoms with E-state index >= 15 is 0 Å². The fourth-order valence-electron chi connectivity index (χ4n) is 4.82. The van der Waals surface area contributed by atoms with Gasteiger partial charge in [-0.3, -0.25) is 9.59 Å². The number of nitrogens with zero attached hydrogens (tertiary/aromatic N) is 2. The average Bonchev–Trinajstić information content (AvgIpc) is 3.24. The number of fused-ring (bicyclic) bond motifs is 1. The molecule has 3 aliphatic heterocycles. The van der Waals surface area contributed by atoms with Crippen LogP contribution < -0.4 is 0 Å². The Morgan fingerprint density at radius 2 is 1.59 bits per heavy atom. The SMILES string of the molecule is O=C(CN1C(=O)[C@@H]2[C@H]1[C@@H](OC1CCCCO1)CN2OC(=O)OCc1ccccc1)OCc1ccccc1. The molecule has 10 heteroatoms. The Bertz CT molecular complexity index is 1080. The van der Waals surface area contributed by atoms with E-state index in [0.29, 0.717) is 6.61 Å². The number of carbonyl (C=O) groups excluding carboxylic acids is 3. The largest absolute Gasteiger partial charge is 0.528 e. The molecule has 0 saturated carbocycles. The van der Waals surface area contributed by atoms with Crippen molar-refractivity contribution in [2.24, 2.45) is 0 Å². The molecule has 2 aromatic carbocycles. The van der Waals surface area contributed by atoms with Crippen LogP contribution in [-0.2, 0) is 46.6 Å². The number of esters is 1. The van der Waals surface area contributed by atoms with E-state index in [4.69, 9.17) is 23.8 Å². The molecule has 0 spiro atoms. The summed E-state index contributed by atoms with van der Waals surface area (Å²) in [5, 5.41) is 1.29. The molecule has 4 atom stereocenters. The summed E-state index contributed by atoms with van der Waals surface area (Å²) in [5.41, 5.74) is 1.67. The van der Waals surface area contributed by atoms with Gasteiger partial charge >= 0.3 is 12.1 Å². The van der Waals surface area contributed by atoms with Crippen LogP contribution in [0.25, 0.3) is 0 Å². The van der Waals surface area contributed by atoms with Crippen LogP contribution in [0.4, 0.5) is 4.79 Å². The number of amides is 1. The molecule has 0 N–H and O–H groups in total. The molecule has 3 aliphatic rings. The van der Waals surface area contributed by atoms with Crippen LogP contribution in [0, 0.1) is 0 Å². The van der Waals surface area contributed by atoms with E-state index in [1.165, 1.54) is 9.96 Å². The zero-order valence-electron chi connectivity index (χ0n) is 20.4. The van der Waals surface area contributed by atoms with Crippen LogP contribution in [-0.4, -0.2) is 72.2 Å². The summed E-state index contributed by atoms with van der Waals surface area (Å²) in [6.45, 7) is 0.701. The van der Waals surface area contributed by atoms with Crippen LogP contribution in [0.3, 0.4) is 0 Å². The van der Waals surface area contributed by atoms with E-state index in [1.54, 1.807) is 0 Å². The monoisotopic (exact) mass is 510 g/mol. The van der Waals surface area contributed by atoms with Crippen molar-refractivity contribution in [1.29, 1.82) is 0 Å². The van der Waals surface area contributed by atoms with Gasteiger partial charge in [0.1, 0.15) is 25.8 Å². The van der Waals surface area contributed by atoms with Crippen LogP contribution in [0.2, 0.25) is 0 Å². The third-order valence-corrected chi connectivity index (χ3v) is 6.67. The van der Waals surface area contributed by atoms with Crippen molar-refractivity contribution in [1.82, 2.24) is 9.96 Å². The summed E-state index contributed by atoms with van der Waals surface area (Å²) in [5.74, 6) is -0.863. The van der Waals surface area contributed by atoms with E-state index in [1.807, 2.05) is 60.7 Å². The zero-order valence-corrected chi connectivity index (χ0v) is 20.4. The Hall–Kier alpha value is -3.47. The summed E-state index contributed by atoms with van der Waals surface area (Å²) in [6, 6.07) is 17.3. The Labute approximate surface area is 214 Å². The molecule has 1 amide bonds. The van der Waals surface area contributed by atoms with Gasteiger partial charge in [-0.25, -0.2) is 4.79 Å². The number of hydrogen-bond donors (Lipinski definition) is 0. The lowest BCUT2D eigenvalue weighted by Gasteiger charge is -2.45. The fraction of sp³-hybridized carbons (Fsp3) is 0.444. The number of rotatable bonds is 9. The molecule has 3 saturated heterocycles. The highest BCUT2D eigenvalue weighted by molar-refractivity contribution is 5.93. The summed E-state index contributed by atoms with van der Waals surface area (Å²) >= 11 is 0. The van der Waals surface area contributed by atoms with E-state index in [0.717, 1.165) is 30.4 Å². The molecule has 0 aromatic heterocycles. The number of β-lactam (4-membered cyclic amide) rings is 1. The molecule has 196 valence electrons. The zero-order chi connectivity index (χ0) is 25.6. The van der Waals surface area contributed by atoms with E-state index < -0.39 is 36.6 Å². The molecule has 0 radical (unpaired) electrons. The summed E-state index contributed by atoms with van der Waals surface area (Å²) in [4.78, 5) is 44.8. The van der Waals surface area contributed by atoms with Crippen molar-refractivity contribution in [2.45, 2.75) is 57.0 Å². The number of ether oxygens (including phenoxy) is 4. The highest BCUT2D eigenvalue weighted by atomic mass is 16.8. The lowest BCUT2D eigenvalue weighted by Crippen LogP contribution is -2.69. The second kappa shape index (κ2) is 11.7. The third-order valence-electron chi connectivity index (χ3n) is 6.67. The number of hydroxylamine groups is 2.